The second-order valence-corrected chi connectivity index (χ2v) is 7.93. The van der Waals surface area contributed by atoms with Crippen LogP contribution in [0.15, 0.2) is 60.9 Å². The van der Waals surface area contributed by atoms with E-state index in [1.54, 1.807) is 19.4 Å². The van der Waals surface area contributed by atoms with E-state index in [0.29, 0.717) is 18.7 Å². The number of aromatic nitrogens is 2. The number of amides is 1. The molecule has 0 radical (unpaired) electrons. The predicted octanol–water partition coefficient (Wildman–Crippen LogP) is 4.07. The number of likely N-dealkylation sites (tertiary alicyclic amines) is 1. The monoisotopic (exact) mass is 416 g/mol. The molecule has 1 atom stereocenters. The molecule has 2 N–H and O–H groups in total. The molecule has 0 saturated carbocycles. The number of methoxy groups -OCH3 is 1. The van der Waals surface area contributed by atoms with E-state index in [1.807, 2.05) is 41.4 Å². The van der Waals surface area contributed by atoms with Crippen LogP contribution in [0.5, 0.6) is 5.75 Å². The van der Waals surface area contributed by atoms with Gasteiger partial charge in [0, 0.05) is 54.6 Å². The van der Waals surface area contributed by atoms with Crippen LogP contribution < -0.4 is 10.5 Å². The van der Waals surface area contributed by atoms with Gasteiger partial charge in [-0.05, 0) is 49.1 Å². The number of piperidine rings is 1. The molecule has 160 valence electrons. The first-order valence-corrected chi connectivity index (χ1v) is 10.7. The van der Waals surface area contributed by atoms with Gasteiger partial charge in [-0.1, -0.05) is 24.3 Å². The summed E-state index contributed by atoms with van der Waals surface area (Å²) in [7, 11) is 1.66. The van der Waals surface area contributed by atoms with Gasteiger partial charge < -0.3 is 15.4 Å². The molecule has 1 fully saturated rings. The van der Waals surface area contributed by atoms with Crippen LogP contribution in [-0.4, -0.2) is 41.0 Å². The number of nitrogens with zero attached hydrogens (tertiary/aromatic N) is 3. The Morgan fingerprint density at radius 1 is 1.10 bits per heavy atom. The van der Waals surface area contributed by atoms with Crippen LogP contribution in [0.25, 0.3) is 11.1 Å². The summed E-state index contributed by atoms with van der Waals surface area (Å²) in [6.45, 7) is 1.54. The molecular weight excluding hydrogens is 388 g/mol. The minimum Gasteiger partial charge on any atom is -0.496 e. The van der Waals surface area contributed by atoms with Gasteiger partial charge in [-0.2, -0.15) is 0 Å². The summed E-state index contributed by atoms with van der Waals surface area (Å²) >= 11 is 0. The molecule has 1 saturated heterocycles. The van der Waals surface area contributed by atoms with Gasteiger partial charge in [0.25, 0.3) is 0 Å². The lowest BCUT2D eigenvalue weighted by atomic mass is 9.93. The molecule has 0 bridgehead atoms. The number of pyridine rings is 2. The number of benzene rings is 1. The van der Waals surface area contributed by atoms with Gasteiger partial charge in [-0.3, -0.25) is 9.78 Å². The molecule has 1 unspecified atom stereocenters. The van der Waals surface area contributed by atoms with Crippen molar-refractivity contribution in [2.75, 3.05) is 25.9 Å². The van der Waals surface area contributed by atoms with Gasteiger partial charge in [-0.15, -0.1) is 0 Å². The molecule has 1 aromatic carbocycles. The molecule has 1 aliphatic heterocycles. The second kappa shape index (κ2) is 9.60. The third-order valence-electron chi connectivity index (χ3n) is 5.90. The van der Waals surface area contributed by atoms with Crippen LogP contribution in [-0.2, 0) is 11.2 Å². The Morgan fingerprint density at radius 2 is 1.87 bits per heavy atom. The zero-order valence-corrected chi connectivity index (χ0v) is 17.8. The highest BCUT2D eigenvalue weighted by atomic mass is 16.5. The van der Waals surface area contributed by atoms with Crippen molar-refractivity contribution in [2.24, 2.45) is 0 Å². The quantitative estimate of drug-likeness (QED) is 0.655. The number of nitrogen functional groups attached to an aromatic ring is 1. The van der Waals surface area contributed by atoms with Crippen molar-refractivity contribution in [1.82, 2.24) is 14.9 Å². The van der Waals surface area contributed by atoms with Crippen LogP contribution in [0.2, 0.25) is 0 Å². The van der Waals surface area contributed by atoms with E-state index >= 15 is 0 Å². The lowest BCUT2D eigenvalue weighted by Gasteiger charge is -2.32. The average Bonchev–Trinajstić information content (AvgIpc) is 2.83. The molecule has 4 rings (SSSR count). The lowest BCUT2D eigenvalue weighted by Crippen LogP contribution is -2.39. The number of hydrogen-bond acceptors (Lipinski definition) is 5. The zero-order chi connectivity index (χ0) is 21.6. The molecule has 6 heteroatoms. The van der Waals surface area contributed by atoms with Gasteiger partial charge in [0.1, 0.15) is 11.6 Å². The first-order valence-electron chi connectivity index (χ1n) is 10.7. The Labute approximate surface area is 183 Å². The summed E-state index contributed by atoms with van der Waals surface area (Å²) in [5.41, 5.74) is 9.78. The number of carbonyl (C=O) groups is 1. The Kier molecular flexibility index (Phi) is 6.46. The second-order valence-electron chi connectivity index (χ2n) is 7.93. The van der Waals surface area contributed by atoms with Crippen molar-refractivity contribution < 1.29 is 9.53 Å². The van der Waals surface area contributed by atoms with E-state index in [9.17, 15) is 4.79 Å². The fourth-order valence-electron chi connectivity index (χ4n) is 4.15. The van der Waals surface area contributed by atoms with Crippen molar-refractivity contribution in [2.45, 2.75) is 31.6 Å². The van der Waals surface area contributed by atoms with Crippen LogP contribution >= 0.6 is 0 Å². The van der Waals surface area contributed by atoms with E-state index in [1.165, 1.54) is 0 Å². The molecule has 0 aliphatic carbocycles. The number of aryl methyl sites for hydroxylation is 1. The third kappa shape index (κ3) is 5.02. The number of rotatable bonds is 6. The molecule has 31 heavy (non-hydrogen) atoms. The fraction of sp³-hybridized carbons (Fsp3) is 0.320. The van der Waals surface area contributed by atoms with Crippen LogP contribution in [0.3, 0.4) is 0 Å². The van der Waals surface area contributed by atoms with Crippen LogP contribution in [0.4, 0.5) is 5.82 Å². The molecule has 1 amide bonds. The predicted molar refractivity (Wildman–Crippen MR) is 122 cm³/mol. The van der Waals surface area contributed by atoms with E-state index in [0.717, 1.165) is 54.1 Å². The summed E-state index contributed by atoms with van der Waals surface area (Å²) in [6, 6.07) is 15.8. The van der Waals surface area contributed by atoms with E-state index in [4.69, 9.17) is 15.5 Å². The van der Waals surface area contributed by atoms with Crippen LogP contribution in [0, 0.1) is 0 Å². The number of anilines is 1. The van der Waals surface area contributed by atoms with Gasteiger partial charge in [0.2, 0.25) is 5.91 Å². The number of hydrogen-bond donors (Lipinski definition) is 1. The number of nitrogens with two attached hydrogens (primary N) is 1. The Morgan fingerprint density at radius 3 is 2.58 bits per heavy atom. The number of carbonyl (C=O) groups excluding carboxylic acids is 1. The molecule has 1 aliphatic rings. The Balaban J connectivity index is 1.37. The van der Waals surface area contributed by atoms with Gasteiger partial charge >= 0.3 is 0 Å². The Hall–Kier alpha value is -3.41. The fourth-order valence-corrected chi connectivity index (χ4v) is 4.15. The summed E-state index contributed by atoms with van der Waals surface area (Å²) in [5.74, 6) is 1.81. The van der Waals surface area contributed by atoms with Crippen molar-refractivity contribution in [1.29, 1.82) is 0 Å². The van der Waals surface area contributed by atoms with Crippen molar-refractivity contribution in [3.05, 3.63) is 72.2 Å². The average molecular weight is 417 g/mol. The maximum atomic E-state index is 12.9. The normalized spacial score (nSPS) is 16.2. The molecule has 2 aromatic heterocycles. The minimum absolute atomic E-state index is 0.195. The molecule has 3 aromatic rings. The number of para-hydroxylation sites is 1. The summed E-state index contributed by atoms with van der Waals surface area (Å²) in [6.07, 6.45) is 6.86. The SMILES string of the molecule is COc1ccccc1CCC(=O)N1CCCC(c2ccc(-c3ccc(N)nc3)cn2)C1. The minimum atomic E-state index is 0.195. The van der Waals surface area contributed by atoms with Crippen molar-refractivity contribution >= 4 is 11.7 Å². The highest BCUT2D eigenvalue weighted by molar-refractivity contribution is 5.76. The van der Waals surface area contributed by atoms with Gasteiger partial charge in [0.15, 0.2) is 0 Å². The first-order chi connectivity index (χ1) is 15.1. The molecule has 3 heterocycles. The Bertz CT molecular complexity index is 1020. The van der Waals surface area contributed by atoms with Crippen LogP contribution in [0.1, 0.15) is 36.4 Å². The standard InChI is InChI=1S/C25H28N4O2/c1-31-23-7-3-2-5-18(23)10-13-25(30)29-14-4-6-21(17-29)22-11-8-19(15-27-22)20-9-12-24(26)28-16-20/h2-3,5,7-9,11-12,15-16,21H,4,6,10,13-14,17H2,1H3,(H2,26,28). The third-order valence-corrected chi connectivity index (χ3v) is 5.90. The van der Waals surface area contributed by atoms with Crippen molar-refractivity contribution in [3.63, 3.8) is 0 Å². The highest BCUT2D eigenvalue weighted by Crippen LogP contribution is 2.28. The van der Waals surface area contributed by atoms with E-state index in [-0.39, 0.29) is 11.8 Å². The topological polar surface area (TPSA) is 81.3 Å². The maximum Gasteiger partial charge on any atom is 0.222 e. The number of ether oxygens (including phenoxy) is 1. The largest absolute Gasteiger partial charge is 0.496 e. The van der Waals surface area contributed by atoms with Gasteiger partial charge in [0.05, 0.1) is 7.11 Å². The van der Waals surface area contributed by atoms with E-state index < -0.39 is 0 Å². The van der Waals surface area contributed by atoms with Gasteiger partial charge in [-0.25, -0.2) is 4.98 Å². The zero-order valence-electron chi connectivity index (χ0n) is 17.8. The molecule has 6 nitrogen and oxygen atoms in total. The van der Waals surface area contributed by atoms with Crippen molar-refractivity contribution in [3.8, 4) is 16.9 Å². The highest BCUT2D eigenvalue weighted by Gasteiger charge is 2.25. The first kappa shape index (κ1) is 20.8. The lowest BCUT2D eigenvalue weighted by molar-refractivity contribution is -0.132. The maximum absolute atomic E-state index is 12.9. The molecule has 0 spiro atoms. The summed E-state index contributed by atoms with van der Waals surface area (Å²) in [4.78, 5) is 23.7. The summed E-state index contributed by atoms with van der Waals surface area (Å²) < 4.78 is 5.40. The summed E-state index contributed by atoms with van der Waals surface area (Å²) in [5, 5.41) is 0. The molecular formula is C25H28N4O2. The smallest absolute Gasteiger partial charge is 0.222 e. The van der Waals surface area contributed by atoms with E-state index in [2.05, 4.69) is 17.1 Å².